The molecule has 17 heavy (non-hydrogen) atoms. The molecule has 1 heterocycles. The van der Waals surface area contributed by atoms with Gasteiger partial charge in [-0.05, 0) is 18.2 Å². The van der Waals surface area contributed by atoms with Gasteiger partial charge in [0.1, 0.15) is 0 Å². The van der Waals surface area contributed by atoms with E-state index in [4.69, 9.17) is 11.7 Å². The lowest BCUT2D eigenvalue weighted by atomic mass is 10.3. The van der Waals surface area contributed by atoms with Gasteiger partial charge in [0.05, 0.1) is 21.4 Å². The van der Waals surface area contributed by atoms with Crippen LogP contribution in [-0.2, 0) is 0 Å². The molecule has 0 fully saturated rings. The Bertz CT molecular complexity index is 505. The summed E-state index contributed by atoms with van der Waals surface area (Å²) in [6.45, 7) is 0. The number of fused-ring (bicyclic) bond motifs is 1. The molecule has 0 radical (unpaired) electrons. The number of halogens is 2. The van der Waals surface area contributed by atoms with E-state index in [1.165, 1.54) is 11.3 Å². The van der Waals surface area contributed by atoms with E-state index in [2.05, 4.69) is 4.98 Å². The van der Waals surface area contributed by atoms with Crippen LogP contribution in [0.15, 0.2) is 23.7 Å². The number of hydrazine groups is 2. The second kappa shape index (κ2) is 6.58. The molecule has 6 nitrogen and oxygen atoms in total. The summed E-state index contributed by atoms with van der Waals surface area (Å²) >= 11 is 1.48. The van der Waals surface area contributed by atoms with E-state index >= 15 is 0 Å². The van der Waals surface area contributed by atoms with Crippen molar-refractivity contribution in [3.63, 3.8) is 0 Å². The van der Waals surface area contributed by atoms with E-state index in [1.807, 2.05) is 5.43 Å². The van der Waals surface area contributed by atoms with Crippen LogP contribution in [0.1, 0.15) is 0 Å². The SMILES string of the molecule is Cl.Cl.NNC(=O)N(N)c1ccc2ncsc2c1. The monoisotopic (exact) mass is 295 g/mol. The Morgan fingerprint density at radius 3 is 2.76 bits per heavy atom. The predicted octanol–water partition coefficient (Wildman–Crippen LogP) is 1.40. The third-order valence-corrected chi connectivity index (χ3v) is 2.73. The molecule has 1 aromatic carbocycles. The van der Waals surface area contributed by atoms with Gasteiger partial charge >= 0.3 is 6.03 Å². The standard InChI is InChI=1S/C8H9N5OS.2ClH/c9-12-8(14)13(10)5-1-2-6-7(3-5)15-4-11-6;;/h1-4H,9-10H2,(H,12,14);2*1H. The molecule has 0 saturated carbocycles. The summed E-state index contributed by atoms with van der Waals surface area (Å²) in [4.78, 5) is 15.3. The van der Waals surface area contributed by atoms with Crippen molar-refractivity contribution < 1.29 is 4.79 Å². The maximum absolute atomic E-state index is 11.1. The molecule has 1 aromatic heterocycles. The molecule has 2 amide bonds. The molecule has 0 spiro atoms. The third kappa shape index (κ3) is 3.18. The van der Waals surface area contributed by atoms with E-state index in [0.29, 0.717) is 5.69 Å². The molecule has 94 valence electrons. The predicted molar refractivity (Wildman–Crippen MR) is 73.5 cm³/mol. The molecule has 0 aliphatic rings. The summed E-state index contributed by atoms with van der Waals surface area (Å²) in [7, 11) is 0. The number of aromatic nitrogens is 1. The van der Waals surface area contributed by atoms with Gasteiger partial charge in [0, 0.05) is 0 Å². The Labute approximate surface area is 114 Å². The summed E-state index contributed by atoms with van der Waals surface area (Å²) in [5.41, 5.74) is 5.13. The molecule has 0 atom stereocenters. The number of nitrogens with one attached hydrogen (secondary N) is 1. The molecule has 2 aromatic rings. The zero-order valence-corrected chi connectivity index (χ0v) is 10.9. The van der Waals surface area contributed by atoms with Crippen LogP contribution in [0.2, 0.25) is 0 Å². The second-order valence-electron chi connectivity index (χ2n) is 2.82. The van der Waals surface area contributed by atoms with Crippen molar-refractivity contribution in [2.45, 2.75) is 0 Å². The fourth-order valence-corrected chi connectivity index (χ4v) is 1.89. The first-order valence-corrected chi connectivity index (χ1v) is 4.99. The number of urea groups is 1. The number of benzene rings is 1. The lowest BCUT2D eigenvalue weighted by molar-refractivity contribution is 0.246. The van der Waals surface area contributed by atoms with Gasteiger partial charge in [0.25, 0.3) is 0 Å². The summed E-state index contributed by atoms with van der Waals surface area (Å²) in [6.07, 6.45) is 0. The highest BCUT2D eigenvalue weighted by Gasteiger charge is 2.10. The molecule has 0 bridgehead atoms. The third-order valence-electron chi connectivity index (χ3n) is 1.94. The molecular weight excluding hydrogens is 285 g/mol. The van der Waals surface area contributed by atoms with Crippen LogP contribution in [0.4, 0.5) is 10.5 Å². The van der Waals surface area contributed by atoms with E-state index in [0.717, 1.165) is 15.2 Å². The molecule has 5 N–H and O–H groups in total. The highest BCUT2D eigenvalue weighted by Crippen LogP contribution is 2.23. The molecule has 0 unspecified atom stereocenters. The fourth-order valence-electron chi connectivity index (χ4n) is 1.18. The van der Waals surface area contributed by atoms with Crippen molar-refractivity contribution in [2.24, 2.45) is 11.7 Å². The first-order chi connectivity index (χ1) is 7.22. The molecule has 2 rings (SSSR count). The number of thiazole rings is 1. The van der Waals surface area contributed by atoms with E-state index in [-0.39, 0.29) is 24.8 Å². The van der Waals surface area contributed by atoms with Gasteiger partial charge in [-0.25, -0.2) is 26.5 Å². The zero-order valence-electron chi connectivity index (χ0n) is 8.49. The maximum atomic E-state index is 11.1. The topological polar surface area (TPSA) is 97.3 Å². The lowest BCUT2D eigenvalue weighted by Crippen LogP contribution is -2.47. The number of nitrogens with two attached hydrogens (primary N) is 2. The largest absolute Gasteiger partial charge is 0.350 e. The second-order valence-corrected chi connectivity index (χ2v) is 3.71. The van der Waals surface area contributed by atoms with Crippen molar-refractivity contribution >= 4 is 58.1 Å². The molecule has 0 aliphatic carbocycles. The Kier molecular flexibility index (Phi) is 6.14. The van der Waals surface area contributed by atoms with Gasteiger partial charge < -0.3 is 0 Å². The maximum Gasteiger partial charge on any atom is 0.350 e. The van der Waals surface area contributed by atoms with Crippen LogP contribution in [0.25, 0.3) is 10.2 Å². The van der Waals surface area contributed by atoms with Crippen LogP contribution < -0.4 is 22.1 Å². The lowest BCUT2D eigenvalue weighted by Gasteiger charge is -2.15. The van der Waals surface area contributed by atoms with Crippen LogP contribution in [0.3, 0.4) is 0 Å². The van der Waals surface area contributed by atoms with E-state index in [1.54, 1.807) is 23.7 Å². The molecule has 0 aliphatic heterocycles. The summed E-state index contributed by atoms with van der Waals surface area (Å²) in [5.74, 6) is 10.5. The van der Waals surface area contributed by atoms with Gasteiger partial charge in [0.2, 0.25) is 0 Å². The van der Waals surface area contributed by atoms with Gasteiger partial charge in [-0.1, -0.05) is 0 Å². The molecular formula is C8H11Cl2N5OS. The van der Waals surface area contributed by atoms with Crippen LogP contribution in [0.5, 0.6) is 0 Å². The van der Waals surface area contributed by atoms with Gasteiger partial charge in [-0.2, -0.15) is 0 Å². The highest BCUT2D eigenvalue weighted by atomic mass is 35.5. The number of carbonyl (C=O) groups is 1. The van der Waals surface area contributed by atoms with Crippen molar-refractivity contribution in [1.29, 1.82) is 0 Å². The van der Waals surface area contributed by atoms with Gasteiger partial charge in [-0.3, -0.25) is 5.43 Å². The molecule has 9 heteroatoms. The number of nitrogens with zero attached hydrogens (tertiary/aromatic N) is 2. The van der Waals surface area contributed by atoms with Crippen molar-refractivity contribution in [2.75, 3.05) is 5.01 Å². The number of hydrogen-bond acceptors (Lipinski definition) is 5. The molecule has 0 saturated heterocycles. The summed E-state index contributed by atoms with van der Waals surface area (Å²) in [5, 5.41) is 0.944. The fraction of sp³-hybridized carbons (Fsp3) is 0. The van der Waals surface area contributed by atoms with Crippen molar-refractivity contribution in [3.05, 3.63) is 23.7 Å². The first kappa shape index (κ1) is 15.9. The average molecular weight is 296 g/mol. The quantitative estimate of drug-likeness (QED) is 0.421. The van der Waals surface area contributed by atoms with Gasteiger partial charge in [0.15, 0.2) is 0 Å². The normalized spacial score (nSPS) is 9.06. The smallest absolute Gasteiger partial charge is 0.274 e. The van der Waals surface area contributed by atoms with Crippen LogP contribution >= 0.6 is 36.2 Å². The summed E-state index contributed by atoms with van der Waals surface area (Å²) in [6, 6.07) is 4.71. The zero-order chi connectivity index (χ0) is 10.8. The number of hydrogen-bond donors (Lipinski definition) is 3. The first-order valence-electron chi connectivity index (χ1n) is 4.11. The van der Waals surface area contributed by atoms with Gasteiger partial charge in [-0.15, -0.1) is 36.2 Å². The minimum Gasteiger partial charge on any atom is -0.274 e. The Hall–Kier alpha value is -1.12. The number of rotatable bonds is 1. The van der Waals surface area contributed by atoms with Crippen LogP contribution in [0, 0.1) is 0 Å². The van der Waals surface area contributed by atoms with Crippen molar-refractivity contribution in [1.82, 2.24) is 10.4 Å². The van der Waals surface area contributed by atoms with E-state index in [9.17, 15) is 4.79 Å². The number of amides is 2. The number of carbonyl (C=O) groups excluding carboxylic acids is 1. The Morgan fingerprint density at radius 1 is 1.41 bits per heavy atom. The van der Waals surface area contributed by atoms with Crippen LogP contribution in [-0.4, -0.2) is 11.0 Å². The average Bonchev–Trinajstić information content (AvgIpc) is 2.73. The number of anilines is 1. The summed E-state index contributed by atoms with van der Waals surface area (Å²) < 4.78 is 0.966. The van der Waals surface area contributed by atoms with E-state index < -0.39 is 6.03 Å². The Morgan fingerprint density at radius 2 is 2.12 bits per heavy atom. The highest BCUT2D eigenvalue weighted by molar-refractivity contribution is 7.16. The van der Waals surface area contributed by atoms with Crippen molar-refractivity contribution in [3.8, 4) is 0 Å². The minimum atomic E-state index is -0.570. The Balaban J connectivity index is 0.00000128. The minimum absolute atomic E-state index is 0.